The van der Waals surface area contributed by atoms with Gasteiger partial charge in [-0.3, -0.25) is 0 Å². The Kier molecular flexibility index (Phi) is 3.98. The average molecular weight is 321 g/mol. The van der Waals surface area contributed by atoms with E-state index in [1.54, 1.807) is 22.8 Å². The standard InChI is InChI=1S/C13H12FN5S2/c1-3-10-15-13(21-18-10)20-12-17-16-11(19(12)2)8-6-4-5-7-9(8)14/h4-7H,3H2,1-2H3. The second-order valence-electron chi connectivity index (χ2n) is 4.28. The highest BCUT2D eigenvalue weighted by Gasteiger charge is 2.16. The van der Waals surface area contributed by atoms with Crippen LogP contribution in [0, 0.1) is 5.82 Å². The molecular weight excluding hydrogens is 309 g/mol. The first kappa shape index (κ1) is 14.2. The highest BCUT2D eigenvalue weighted by Crippen LogP contribution is 2.30. The molecule has 1 aromatic carbocycles. The van der Waals surface area contributed by atoms with Crippen molar-refractivity contribution in [2.75, 3.05) is 0 Å². The van der Waals surface area contributed by atoms with Gasteiger partial charge in [0.1, 0.15) is 11.6 Å². The molecular formula is C13H12FN5S2. The first-order valence-corrected chi connectivity index (χ1v) is 7.92. The molecule has 8 heteroatoms. The first-order chi connectivity index (χ1) is 10.2. The van der Waals surface area contributed by atoms with E-state index in [-0.39, 0.29) is 5.82 Å². The molecule has 2 heterocycles. The van der Waals surface area contributed by atoms with Crippen molar-refractivity contribution in [3.63, 3.8) is 0 Å². The van der Waals surface area contributed by atoms with Crippen LogP contribution in [0.3, 0.4) is 0 Å². The SMILES string of the molecule is CCc1nsc(Sc2nnc(-c3ccccc3F)n2C)n1. The molecule has 0 aliphatic carbocycles. The normalized spacial score (nSPS) is 11.0. The average Bonchev–Trinajstić information content (AvgIpc) is 3.08. The van der Waals surface area contributed by atoms with E-state index in [4.69, 9.17) is 0 Å². The fraction of sp³-hybridized carbons (Fsp3) is 0.231. The minimum atomic E-state index is -0.311. The fourth-order valence-electron chi connectivity index (χ4n) is 1.78. The lowest BCUT2D eigenvalue weighted by molar-refractivity contribution is 0.628. The van der Waals surface area contributed by atoms with Crippen molar-refractivity contribution in [1.82, 2.24) is 24.1 Å². The lowest BCUT2D eigenvalue weighted by Gasteiger charge is -2.03. The predicted octanol–water partition coefficient (Wildman–Crippen LogP) is 3.19. The van der Waals surface area contributed by atoms with Gasteiger partial charge in [0, 0.05) is 13.5 Å². The Morgan fingerprint density at radius 1 is 1.29 bits per heavy atom. The quantitative estimate of drug-likeness (QED) is 0.738. The number of nitrogens with zero attached hydrogens (tertiary/aromatic N) is 5. The highest BCUT2D eigenvalue weighted by molar-refractivity contribution is 8.00. The van der Waals surface area contributed by atoms with Crippen LogP contribution in [-0.2, 0) is 13.5 Å². The molecule has 108 valence electrons. The fourth-order valence-corrected chi connectivity index (χ4v) is 3.38. The lowest BCUT2D eigenvalue weighted by atomic mass is 10.2. The van der Waals surface area contributed by atoms with Crippen molar-refractivity contribution in [2.24, 2.45) is 7.05 Å². The number of hydrogen-bond donors (Lipinski definition) is 0. The number of halogens is 1. The molecule has 0 amide bonds. The molecule has 0 bridgehead atoms. The van der Waals surface area contributed by atoms with E-state index in [9.17, 15) is 4.39 Å². The molecule has 0 saturated heterocycles. The molecule has 5 nitrogen and oxygen atoms in total. The van der Waals surface area contributed by atoms with E-state index in [2.05, 4.69) is 19.6 Å². The van der Waals surface area contributed by atoms with Gasteiger partial charge in [0.15, 0.2) is 15.3 Å². The summed E-state index contributed by atoms with van der Waals surface area (Å²) >= 11 is 2.72. The van der Waals surface area contributed by atoms with Gasteiger partial charge in [-0.25, -0.2) is 9.37 Å². The molecule has 0 aliphatic heterocycles. The summed E-state index contributed by atoms with van der Waals surface area (Å²) in [6, 6.07) is 6.53. The smallest absolute Gasteiger partial charge is 0.198 e. The highest BCUT2D eigenvalue weighted by atomic mass is 32.2. The number of benzene rings is 1. The minimum absolute atomic E-state index is 0.311. The zero-order chi connectivity index (χ0) is 14.8. The van der Waals surface area contributed by atoms with E-state index in [1.165, 1.54) is 29.4 Å². The summed E-state index contributed by atoms with van der Waals surface area (Å²) in [5.41, 5.74) is 0.436. The first-order valence-electron chi connectivity index (χ1n) is 6.33. The lowest BCUT2D eigenvalue weighted by Crippen LogP contribution is -1.96. The van der Waals surface area contributed by atoms with Gasteiger partial charge in [-0.05, 0) is 35.4 Å². The van der Waals surface area contributed by atoms with Gasteiger partial charge in [0.25, 0.3) is 0 Å². The summed E-state index contributed by atoms with van der Waals surface area (Å²) in [7, 11) is 1.81. The topological polar surface area (TPSA) is 56.5 Å². The van der Waals surface area contributed by atoms with Crippen LogP contribution in [0.25, 0.3) is 11.4 Å². The number of rotatable bonds is 4. The van der Waals surface area contributed by atoms with E-state index < -0.39 is 0 Å². The Morgan fingerprint density at radius 3 is 2.81 bits per heavy atom. The monoisotopic (exact) mass is 321 g/mol. The third-order valence-corrected chi connectivity index (χ3v) is 4.72. The number of aromatic nitrogens is 5. The van der Waals surface area contributed by atoms with Gasteiger partial charge in [-0.15, -0.1) is 10.2 Å². The van der Waals surface area contributed by atoms with Gasteiger partial charge < -0.3 is 4.57 Å². The van der Waals surface area contributed by atoms with Crippen molar-refractivity contribution in [1.29, 1.82) is 0 Å². The largest absolute Gasteiger partial charge is 0.305 e. The van der Waals surface area contributed by atoms with E-state index in [1.807, 2.05) is 14.0 Å². The van der Waals surface area contributed by atoms with Crippen LogP contribution in [0.2, 0.25) is 0 Å². The van der Waals surface area contributed by atoms with Crippen LogP contribution in [0.4, 0.5) is 4.39 Å². The van der Waals surface area contributed by atoms with Crippen molar-refractivity contribution in [3.05, 3.63) is 35.9 Å². The van der Waals surface area contributed by atoms with E-state index in [0.717, 1.165) is 16.6 Å². The van der Waals surface area contributed by atoms with Gasteiger partial charge in [-0.1, -0.05) is 19.1 Å². The Morgan fingerprint density at radius 2 is 2.10 bits per heavy atom. The number of aryl methyl sites for hydroxylation is 1. The molecule has 0 spiro atoms. The molecule has 0 radical (unpaired) electrons. The Labute approximate surface area is 129 Å². The zero-order valence-electron chi connectivity index (χ0n) is 11.4. The predicted molar refractivity (Wildman–Crippen MR) is 79.8 cm³/mol. The second-order valence-corrected chi connectivity index (χ2v) is 6.24. The maximum atomic E-state index is 13.8. The summed E-state index contributed by atoms with van der Waals surface area (Å²) in [5, 5.41) is 8.85. The van der Waals surface area contributed by atoms with Crippen LogP contribution in [-0.4, -0.2) is 24.1 Å². The molecule has 21 heavy (non-hydrogen) atoms. The summed E-state index contributed by atoms with van der Waals surface area (Å²) in [6.07, 6.45) is 0.802. The van der Waals surface area contributed by atoms with Crippen molar-refractivity contribution < 1.29 is 4.39 Å². The number of hydrogen-bond acceptors (Lipinski definition) is 6. The van der Waals surface area contributed by atoms with Crippen molar-refractivity contribution in [3.8, 4) is 11.4 Å². The molecule has 0 unspecified atom stereocenters. The van der Waals surface area contributed by atoms with Gasteiger partial charge in [-0.2, -0.15) is 4.37 Å². The third-order valence-electron chi connectivity index (χ3n) is 2.89. The zero-order valence-corrected chi connectivity index (χ0v) is 13.1. The molecule has 3 rings (SSSR count). The summed E-state index contributed by atoms with van der Waals surface area (Å²) < 4.78 is 20.6. The molecule has 0 aliphatic rings. The molecule has 0 fully saturated rings. The maximum absolute atomic E-state index is 13.8. The van der Waals surface area contributed by atoms with Crippen LogP contribution in [0.15, 0.2) is 33.8 Å². The van der Waals surface area contributed by atoms with Crippen LogP contribution < -0.4 is 0 Å². The molecule has 0 atom stereocenters. The van der Waals surface area contributed by atoms with Crippen LogP contribution >= 0.6 is 23.3 Å². The Balaban J connectivity index is 1.91. The Bertz CT molecular complexity index is 768. The maximum Gasteiger partial charge on any atom is 0.198 e. The molecule has 2 aromatic heterocycles. The van der Waals surface area contributed by atoms with Crippen molar-refractivity contribution >= 4 is 23.3 Å². The molecule has 0 saturated carbocycles. The van der Waals surface area contributed by atoms with E-state index >= 15 is 0 Å². The van der Waals surface area contributed by atoms with Gasteiger partial charge in [0.05, 0.1) is 5.56 Å². The second kappa shape index (κ2) is 5.90. The van der Waals surface area contributed by atoms with Crippen LogP contribution in [0.5, 0.6) is 0 Å². The summed E-state index contributed by atoms with van der Waals surface area (Å²) in [4.78, 5) is 4.38. The summed E-state index contributed by atoms with van der Waals surface area (Å²) in [6.45, 7) is 2.01. The van der Waals surface area contributed by atoms with Crippen molar-refractivity contribution in [2.45, 2.75) is 22.8 Å². The van der Waals surface area contributed by atoms with Gasteiger partial charge in [0.2, 0.25) is 0 Å². The summed E-state index contributed by atoms with van der Waals surface area (Å²) in [5.74, 6) is 1.00. The molecule has 3 aromatic rings. The molecule has 0 N–H and O–H groups in total. The van der Waals surface area contributed by atoms with Gasteiger partial charge >= 0.3 is 0 Å². The Hall–Kier alpha value is -1.80. The van der Waals surface area contributed by atoms with Crippen LogP contribution in [0.1, 0.15) is 12.7 Å². The minimum Gasteiger partial charge on any atom is -0.305 e. The van der Waals surface area contributed by atoms with E-state index in [0.29, 0.717) is 16.5 Å². The third kappa shape index (κ3) is 2.81.